The van der Waals surface area contributed by atoms with Gasteiger partial charge >= 0.3 is 5.97 Å². The summed E-state index contributed by atoms with van der Waals surface area (Å²) in [6.45, 7) is 1.42. The minimum absolute atomic E-state index is 0.0214. The molecular formula is C26H28ClFN4O4. The largest absolute Gasteiger partial charge is 0.488 e. The molecule has 2 fully saturated rings. The molecule has 0 bridgehead atoms. The van der Waals surface area contributed by atoms with E-state index in [1.54, 1.807) is 6.07 Å². The minimum Gasteiger partial charge on any atom is -0.488 e. The summed E-state index contributed by atoms with van der Waals surface area (Å²) >= 11 is 5.95. The molecule has 0 spiro atoms. The van der Waals surface area contributed by atoms with Crippen molar-refractivity contribution in [3.05, 3.63) is 47.5 Å². The van der Waals surface area contributed by atoms with Crippen LogP contribution < -0.4 is 14.8 Å². The van der Waals surface area contributed by atoms with Gasteiger partial charge < -0.3 is 19.5 Å². The lowest BCUT2D eigenvalue weighted by atomic mass is 10.2. The number of fused-ring (bicyclic) bond motifs is 1. The number of carbonyl (C=O) groups is 1. The van der Waals surface area contributed by atoms with Crippen molar-refractivity contribution in [2.45, 2.75) is 44.2 Å². The van der Waals surface area contributed by atoms with Crippen molar-refractivity contribution < 1.29 is 23.4 Å². The molecule has 5 rings (SSSR count). The number of ether oxygens (including phenoxy) is 3. The van der Waals surface area contributed by atoms with Gasteiger partial charge in [0.2, 0.25) is 0 Å². The number of benzene rings is 2. The van der Waals surface area contributed by atoms with Crippen molar-refractivity contribution >= 4 is 40.0 Å². The maximum atomic E-state index is 13.6. The third-order valence-corrected chi connectivity index (χ3v) is 6.93. The normalized spacial score (nSPS) is 18.1. The lowest BCUT2D eigenvalue weighted by Gasteiger charge is -2.23. The molecule has 1 unspecified atom stereocenters. The Labute approximate surface area is 213 Å². The monoisotopic (exact) mass is 514 g/mol. The zero-order chi connectivity index (χ0) is 25.1. The summed E-state index contributed by atoms with van der Waals surface area (Å²) in [4.78, 5) is 22.3. The van der Waals surface area contributed by atoms with Crippen LogP contribution in [0.1, 0.15) is 32.1 Å². The van der Waals surface area contributed by atoms with E-state index in [1.165, 1.54) is 18.5 Å². The number of nitrogens with zero attached hydrogens (tertiary/aromatic N) is 3. The highest BCUT2D eigenvalue weighted by molar-refractivity contribution is 6.31. The second-order valence-electron chi connectivity index (χ2n) is 9.19. The van der Waals surface area contributed by atoms with Crippen molar-refractivity contribution in [1.29, 1.82) is 0 Å². The number of rotatable bonds is 9. The fourth-order valence-electron chi connectivity index (χ4n) is 4.53. The number of hydrogen-bond donors (Lipinski definition) is 1. The van der Waals surface area contributed by atoms with Crippen LogP contribution in [-0.4, -0.2) is 59.8 Å². The Morgan fingerprint density at radius 1 is 1.19 bits per heavy atom. The summed E-state index contributed by atoms with van der Waals surface area (Å²) in [6, 6.07) is 8.20. The van der Waals surface area contributed by atoms with E-state index in [-0.39, 0.29) is 23.1 Å². The summed E-state index contributed by atoms with van der Waals surface area (Å²) in [5, 5.41) is 3.95. The number of anilines is 2. The number of aromatic nitrogens is 2. The van der Waals surface area contributed by atoms with Crippen LogP contribution in [0.3, 0.4) is 0 Å². The van der Waals surface area contributed by atoms with Crippen LogP contribution in [0.5, 0.6) is 11.5 Å². The molecule has 1 aromatic heterocycles. The zero-order valence-electron chi connectivity index (χ0n) is 20.0. The second-order valence-corrected chi connectivity index (χ2v) is 9.59. The van der Waals surface area contributed by atoms with Crippen LogP contribution in [-0.2, 0) is 9.53 Å². The third-order valence-electron chi connectivity index (χ3n) is 6.64. The molecule has 1 aliphatic heterocycles. The molecular weight excluding hydrogens is 487 g/mol. The summed E-state index contributed by atoms with van der Waals surface area (Å²) in [7, 11) is 1.95. The minimum atomic E-state index is -0.488. The second kappa shape index (κ2) is 10.8. The summed E-state index contributed by atoms with van der Waals surface area (Å²) in [6.07, 6.45) is 6.33. The van der Waals surface area contributed by atoms with Crippen LogP contribution in [0, 0.1) is 5.82 Å². The Bertz CT molecular complexity index is 1250. The van der Waals surface area contributed by atoms with Crippen molar-refractivity contribution in [3.63, 3.8) is 0 Å². The molecule has 0 radical (unpaired) electrons. The summed E-state index contributed by atoms with van der Waals surface area (Å²) in [5.41, 5.74) is 1.30. The smallest absolute Gasteiger partial charge is 0.307 e. The molecule has 1 saturated heterocycles. The van der Waals surface area contributed by atoms with Crippen LogP contribution in [0.25, 0.3) is 10.9 Å². The predicted octanol–water partition coefficient (Wildman–Crippen LogP) is 5.11. The van der Waals surface area contributed by atoms with E-state index in [0.29, 0.717) is 54.7 Å². The molecule has 1 N–H and O–H groups in total. The number of carbonyl (C=O) groups excluding carboxylic acids is 1. The van der Waals surface area contributed by atoms with Gasteiger partial charge in [0.15, 0.2) is 11.5 Å². The maximum Gasteiger partial charge on any atom is 0.307 e. The lowest BCUT2D eigenvalue weighted by molar-refractivity contribution is -0.137. The summed E-state index contributed by atoms with van der Waals surface area (Å²) in [5.74, 6) is 1.12. The van der Waals surface area contributed by atoms with E-state index in [1.807, 2.05) is 19.2 Å². The SMILES string of the molecule is CN(CCOc1cc2c(Nc3ccc(F)c(Cl)c3)ncnc2cc1OC1CCCC1)C1COC(=O)C1. The molecule has 2 heterocycles. The number of likely N-dealkylation sites (N-methyl/N-ethyl adjacent to an activating group) is 1. The van der Waals surface area contributed by atoms with E-state index >= 15 is 0 Å². The Morgan fingerprint density at radius 2 is 2.03 bits per heavy atom. The van der Waals surface area contributed by atoms with Gasteiger partial charge in [0.25, 0.3) is 0 Å². The fourth-order valence-corrected chi connectivity index (χ4v) is 4.71. The van der Waals surface area contributed by atoms with Gasteiger partial charge in [-0.3, -0.25) is 9.69 Å². The number of nitrogens with one attached hydrogen (secondary N) is 1. The first kappa shape index (κ1) is 24.5. The number of esters is 1. The first-order valence-corrected chi connectivity index (χ1v) is 12.5. The van der Waals surface area contributed by atoms with Crippen LogP contribution in [0.15, 0.2) is 36.7 Å². The third kappa shape index (κ3) is 5.63. The molecule has 2 aliphatic rings. The van der Waals surface area contributed by atoms with E-state index < -0.39 is 5.82 Å². The summed E-state index contributed by atoms with van der Waals surface area (Å²) < 4.78 is 31.2. The van der Waals surface area contributed by atoms with Gasteiger partial charge in [0, 0.05) is 23.7 Å². The van der Waals surface area contributed by atoms with Crippen molar-refractivity contribution in [2.75, 3.05) is 32.1 Å². The highest BCUT2D eigenvalue weighted by atomic mass is 35.5. The van der Waals surface area contributed by atoms with Gasteiger partial charge in [-0.2, -0.15) is 0 Å². The molecule has 36 heavy (non-hydrogen) atoms. The fraction of sp³-hybridized carbons (Fsp3) is 0.423. The molecule has 190 valence electrons. The zero-order valence-corrected chi connectivity index (χ0v) is 20.8. The van der Waals surface area contributed by atoms with Gasteiger partial charge in [-0.1, -0.05) is 11.6 Å². The highest BCUT2D eigenvalue weighted by Gasteiger charge is 2.27. The first-order valence-electron chi connectivity index (χ1n) is 12.1. The van der Waals surface area contributed by atoms with Gasteiger partial charge in [-0.15, -0.1) is 0 Å². The number of hydrogen-bond acceptors (Lipinski definition) is 8. The van der Waals surface area contributed by atoms with Crippen LogP contribution in [0.2, 0.25) is 5.02 Å². The van der Waals surface area contributed by atoms with Crippen LogP contribution >= 0.6 is 11.6 Å². The van der Waals surface area contributed by atoms with Crippen molar-refractivity contribution in [2.24, 2.45) is 0 Å². The maximum absolute atomic E-state index is 13.6. The average Bonchev–Trinajstić information content (AvgIpc) is 3.54. The van der Waals surface area contributed by atoms with E-state index in [0.717, 1.165) is 31.1 Å². The van der Waals surface area contributed by atoms with E-state index in [2.05, 4.69) is 20.2 Å². The lowest BCUT2D eigenvalue weighted by Crippen LogP contribution is -2.35. The predicted molar refractivity (Wildman–Crippen MR) is 135 cm³/mol. The first-order chi connectivity index (χ1) is 17.5. The molecule has 1 aliphatic carbocycles. The standard InChI is InChI=1S/C26H28ClFN4O4/c1-32(17-11-25(33)35-14-17)8-9-34-23-12-19-22(13-24(23)36-18-4-2-3-5-18)29-15-30-26(19)31-16-6-7-21(28)20(27)10-16/h6-7,10,12-13,15,17-18H,2-5,8-9,11,14H2,1H3,(H,29,30,31). The highest BCUT2D eigenvalue weighted by Crippen LogP contribution is 2.37. The quantitative estimate of drug-likeness (QED) is 0.394. The molecule has 3 aromatic rings. The van der Waals surface area contributed by atoms with E-state index in [4.69, 9.17) is 25.8 Å². The topological polar surface area (TPSA) is 85.8 Å². The Hall–Kier alpha value is -3.17. The van der Waals surface area contributed by atoms with Gasteiger partial charge in [-0.25, -0.2) is 14.4 Å². The van der Waals surface area contributed by atoms with Crippen molar-refractivity contribution in [1.82, 2.24) is 14.9 Å². The van der Waals surface area contributed by atoms with Crippen molar-refractivity contribution in [3.8, 4) is 11.5 Å². The molecule has 1 saturated carbocycles. The molecule has 2 aromatic carbocycles. The Kier molecular flexibility index (Phi) is 7.38. The molecule has 0 amide bonds. The molecule has 10 heteroatoms. The molecule has 8 nitrogen and oxygen atoms in total. The Morgan fingerprint density at radius 3 is 2.78 bits per heavy atom. The van der Waals surface area contributed by atoms with Gasteiger partial charge in [0.1, 0.15) is 31.2 Å². The van der Waals surface area contributed by atoms with Crippen LogP contribution in [0.4, 0.5) is 15.9 Å². The molecule has 1 atom stereocenters. The number of cyclic esters (lactones) is 1. The Balaban J connectivity index is 1.39. The number of halogens is 2. The van der Waals surface area contributed by atoms with Gasteiger partial charge in [-0.05, 0) is 57.0 Å². The van der Waals surface area contributed by atoms with Gasteiger partial charge in [0.05, 0.1) is 29.1 Å². The van der Waals surface area contributed by atoms with E-state index in [9.17, 15) is 9.18 Å². The average molecular weight is 515 g/mol.